The molecule has 0 spiro atoms. The molecule has 2 aromatic heterocycles. The Morgan fingerprint density at radius 2 is 2.14 bits per heavy atom. The number of aryl methyl sites for hydroxylation is 1. The number of imidazole rings is 1. The summed E-state index contributed by atoms with van der Waals surface area (Å²) in [6, 6.07) is 7.10. The Hall–Kier alpha value is -1.72. The highest BCUT2D eigenvalue weighted by atomic mass is 32.1. The molecule has 1 unspecified atom stereocenters. The molecule has 22 heavy (non-hydrogen) atoms. The van der Waals surface area contributed by atoms with E-state index in [0.29, 0.717) is 6.04 Å². The normalized spacial score (nSPS) is 17.4. The van der Waals surface area contributed by atoms with Crippen molar-refractivity contribution < 1.29 is 0 Å². The number of rotatable bonds is 2. The van der Waals surface area contributed by atoms with E-state index in [4.69, 9.17) is 0 Å². The zero-order valence-electron chi connectivity index (χ0n) is 13.0. The van der Waals surface area contributed by atoms with Crippen molar-refractivity contribution in [3.63, 3.8) is 0 Å². The van der Waals surface area contributed by atoms with Gasteiger partial charge in [-0.2, -0.15) is 0 Å². The molecule has 0 saturated heterocycles. The lowest BCUT2D eigenvalue weighted by molar-refractivity contribution is 0.215. The molecule has 0 aliphatic carbocycles. The largest absolute Gasteiger partial charge is 0.333 e. The maximum absolute atomic E-state index is 4.64. The van der Waals surface area contributed by atoms with Crippen LogP contribution >= 0.6 is 11.3 Å². The summed E-state index contributed by atoms with van der Waals surface area (Å²) in [6.45, 7) is 7.53. The summed E-state index contributed by atoms with van der Waals surface area (Å²) in [5, 5.41) is 0. The van der Waals surface area contributed by atoms with E-state index in [1.165, 1.54) is 16.1 Å². The fourth-order valence-electron chi connectivity index (χ4n) is 3.31. The summed E-state index contributed by atoms with van der Waals surface area (Å²) in [5.41, 5.74) is 5.53. The molecule has 5 heteroatoms. The van der Waals surface area contributed by atoms with Crippen LogP contribution in [0.3, 0.4) is 0 Å². The number of fused-ring (bicyclic) bond motifs is 2. The highest BCUT2D eigenvalue weighted by Gasteiger charge is 2.20. The van der Waals surface area contributed by atoms with E-state index < -0.39 is 0 Å². The molecule has 1 aromatic carbocycles. The molecule has 0 saturated carbocycles. The second-order valence-corrected chi connectivity index (χ2v) is 6.92. The van der Waals surface area contributed by atoms with Crippen LogP contribution in [0.25, 0.3) is 10.2 Å². The van der Waals surface area contributed by atoms with Crippen LogP contribution in [-0.4, -0.2) is 32.5 Å². The fourth-order valence-corrected chi connectivity index (χ4v) is 3.97. The van der Waals surface area contributed by atoms with Crippen molar-refractivity contribution in [2.45, 2.75) is 32.9 Å². The van der Waals surface area contributed by atoms with E-state index >= 15 is 0 Å². The Morgan fingerprint density at radius 1 is 1.23 bits per heavy atom. The van der Waals surface area contributed by atoms with Gasteiger partial charge in [-0.05, 0) is 31.5 Å². The molecule has 1 aliphatic rings. The Kier molecular flexibility index (Phi) is 3.47. The maximum atomic E-state index is 4.64. The Labute approximate surface area is 134 Å². The van der Waals surface area contributed by atoms with Crippen LogP contribution in [0.4, 0.5) is 0 Å². The van der Waals surface area contributed by atoms with Gasteiger partial charge in [0.25, 0.3) is 0 Å². The molecule has 0 N–H and O–H groups in total. The maximum Gasteiger partial charge on any atom is 0.110 e. The van der Waals surface area contributed by atoms with E-state index in [1.54, 1.807) is 11.3 Å². The van der Waals surface area contributed by atoms with Crippen molar-refractivity contribution >= 4 is 21.6 Å². The molecular weight excluding hydrogens is 292 g/mol. The molecule has 3 heterocycles. The summed E-state index contributed by atoms with van der Waals surface area (Å²) < 4.78 is 3.58. The van der Waals surface area contributed by atoms with E-state index in [0.717, 1.165) is 37.3 Å². The van der Waals surface area contributed by atoms with Crippen LogP contribution in [0.2, 0.25) is 0 Å². The average Bonchev–Trinajstić information content (AvgIpc) is 3.07. The minimum absolute atomic E-state index is 0.414. The topological polar surface area (TPSA) is 34.0 Å². The SMILES string of the molecule is Cc1cn2c(n1)CCN(C(C)c1ccc3scnc3c1)CC2. The third-order valence-corrected chi connectivity index (χ3v) is 5.42. The van der Waals surface area contributed by atoms with Crippen LogP contribution in [-0.2, 0) is 13.0 Å². The molecule has 0 fully saturated rings. The number of hydrogen-bond donors (Lipinski definition) is 0. The second-order valence-electron chi connectivity index (χ2n) is 6.03. The van der Waals surface area contributed by atoms with Crippen LogP contribution in [0.1, 0.15) is 30.0 Å². The molecule has 4 rings (SSSR count). The first-order chi connectivity index (χ1) is 10.7. The third-order valence-electron chi connectivity index (χ3n) is 4.61. The van der Waals surface area contributed by atoms with Gasteiger partial charge in [0.1, 0.15) is 5.82 Å². The Morgan fingerprint density at radius 3 is 3.05 bits per heavy atom. The van der Waals surface area contributed by atoms with Crippen LogP contribution in [0.5, 0.6) is 0 Å². The van der Waals surface area contributed by atoms with Gasteiger partial charge in [0.05, 0.1) is 21.4 Å². The summed E-state index contributed by atoms with van der Waals surface area (Å²) >= 11 is 1.70. The highest BCUT2D eigenvalue weighted by molar-refractivity contribution is 7.16. The van der Waals surface area contributed by atoms with Crippen LogP contribution in [0, 0.1) is 6.92 Å². The molecule has 4 nitrogen and oxygen atoms in total. The summed E-state index contributed by atoms with van der Waals surface area (Å²) in [7, 11) is 0. The lowest BCUT2D eigenvalue weighted by atomic mass is 10.1. The second kappa shape index (κ2) is 5.48. The van der Waals surface area contributed by atoms with Crippen LogP contribution < -0.4 is 0 Å². The van der Waals surface area contributed by atoms with Gasteiger partial charge in [-0.25, -0.2) is 9.97 Å². The van der Waals surface area contributed by atoms with Gasteiger partial charge in [-0.15, -0.1) is 11.3 Å². The molecule has 0 amide bonds. The molecule has 3 aromatic rings. The van der Waals surface area contributed by atoms with Crippen molar-refractivity contribution in [2.24, 2.45) is 0 Å². The quantitative estimate of drug-likeness (QED) is 0.727. The highest BCUT2D eigenvalue weighted by Crippen LogP contribution is 2.26. The smallest absolute Gasteiger partial charge is 0.110 e. The summed E-state index contributed by atoms with van der Waals surface area (Å²) in [5.74, 6) is 1.22. The Bertz CT molecular complexity index is 778. The zero-order chi connectivity index (χ0) is 15.1. The molecule has 114 valence electrons. The van der Waals surface area contributed by atoms with Gasteiger partial charge in [0, 0.05) is 38.3 Å². The van der Waals surface area contributed by atoms with E-state index in [-0.39, 0.29) is 0 Å². The number of nitrogens with zero attached hydrogens (tertiary/aromatic N) is 4. The van der Waals surface area contributed by atoms with Crippen molar-refractivity contribution in [1.82, 2.24) is 19.4 Å². The predicted octanol–water partition coefficient (Wildman–Crippen LogP) is 3.42. The Balaban J connectivity index is 1.55. The molecule has 1 atom stereocenters. The first-order valence-electron chi connectivity index (χ1n) is 7.80. The van der Waals surface area contributed by atoms with Crippen molar-refractivity contribution in [2.75, 3.05) is 13.1 Å². The van der Waals surface area contributed by atoms with E-state index in [1.807, 2.05) is 5.51 Å². The number of hydrogen-bond acceptors (Lipinski definition) is 4. The standard InChI is InChI=1S/C17H20N4S/c1-12-10-21-8-7-20(6-5-17(21)19-12)13(2)14-3-4-16-15(9-14)18-11-22-16/h3-4,9-11,13H,5-8H2,1-2H3. The van der Waals surface area contributed by atoms with Crippen molar-refractivity contribution in [3.8, 4) is 0 Å². The first kappa shape index (κ1) is 13.9. The first-order valence-corrected chi connectivity index (χ1v) is 8.68. The van der Waals surface area contributed by atoms with Crippen molar-refractivity contribution in [3.05, 3.63) is 47.0 Å². The van der Waals surface area contributed by atoms with Gasteiger partial charge in [0.2, 0.25) is 0 Å². The summed E-state index contributed by atoms with van der Waals surface area (Å²) in [4.78, 5) is 11.6. The molecule has 0 bridgehead atoms. The minimum Gasteiger partial charge on any atom is -0.333 e. The molecule has 0 radical (unpaired) electrons. The van der Waals surface area contributed by atoms with Crippen molar-refractivity contribution in [1.29, 1.82) is 0 Å². The van der Waals surface area contributed by atoms with Gasteiger partial charge in [-0.1, -0.05) is 6.07 Å². The zero-order valence-corrected chi connectivity index (χ0v) is 13.8. The molecule has 1 aliphatic heterocycles. The third kappa shape index (κ3) is 2.44. The van der Waals surface area contributed by atoms with Gasteiger partial charge in [0.15, 0.2) is 0 Å². The summed E-state index contributed by atoms with van der Waals surface area (Å²) in [6.07, 6.45) is 3.20. The van der Waals surface area contributed by atoms with E-state index in [9.17, 15) is 0 Å². The van der Waals surface area contributed by atoms with E-state index in [2.05, 4.69) is 57.7 Å². The van der Waals surface area contributed by atoms with Gasteiger partial charge in [-0.3, -0.25) is 4.90 Å². The molecular formula is C17H20N4S. The monoisotopic (exact) mass is 312 g/mol. The number of thiazole rings is 1. The van der Waals surface area contributed by atoms with Crippen LogP contribution in [0.15, 0.2) is 29.9 Å². The van der Waals surface area contributed by atoms with Gasteiger partial charge < -0.3 is 4.57 Å². The predicted molar refractivity (Wildman–Crippen MR) is 90.3 cm³/mol. The lowest BCUT2D eigenvalue weighted by Gasteiger charge is -2.27. The fraction of sp³-hybridized carbons (Fsp3) is 0.412. The number of aromatic nitrogens is 3. The van der Waals surface area contributed by atoms with Gasteiger partial charge >= 0.3 is 0 Å². The average molecular weight is 312 g/mol. The minimum atomic E-state index is 0.414. The number of benzene rings is 1. The lowest BCUT2D eigenvalue weighted by Crippen LogP contribution is -2.30.